The van der Waals surface area contributed by atoms with Gasteiger partial charge in [0.2, 0.25) is 0 Å². The minimum absolute atomic E-state index is 0.0601. The van der Waals surface area contributed by atoms with Crippen LogP contribution in [0.2, 0.25) is 0 Å². The lowest BCUT2D eigenvalue weighted by Gasteiger charge is -2.09. The Morgan fingerprint density at radius 2 is 2.00 bits per heavy atom. The third-order valence-electron chi connectivity index (χ3n) is 3.51. The van der Waals surface area contributed by atoms with Crippen LogP contribution in [0.4, 0.5) is 0 Å². The van der Waals surface area contributed by atoms with Gasteiger partial charge in [-0.1, -0.05) is 26.0 Å². The molecule has 0 aliphatic heterocycles. The molecule has 4 nitrogen and oxygen atoms in total. The molecule has 2 N–H and O–H groups in total. The maximum atomic E-state index is 11.6. The fourth-order valence-electron chi connectivity index (χ4n) is 1.95. The van der Waals surface area contributed by atoms with E-state index in [2.05, 4.69) is 24.5 Å². The number of hydrogen-bond acceptors (Lipinski definition) is 3. The van der Waals surface area contributed by atoms with Crippen molar-refractivity contribution in [1.82, 2.24) is 10.6 Å². The van der Waals surface area contributed by atoms with E-state index in [4.69, 9.17) is 4.74 Å². The van der Waals surface area contributed by atoms with Crippen LogP contribution in [0.15, 0.2) is 24.3 Å². The van der Waals surface area contributed by atoms with Crippen molar-refractivity contribution in [3.63, 3.8) is 0 Å². The fraction of sp³-hybridized carbons (Fsp3) is 0.588. The van der Waals surface area contributed by atoms with Crippen LogP contribution in [0.3, 0.4) is 0 Å². The summed E-state index contributed by atoms with van der Waals surface area (Å²) in [6, 6.07) is 8.65. The minimum Gasteiger partial charge on any atom is -0.484 e. The number of carbonyl (C=O) groups is 1. The number of rotatable bonds is 9. The first-order valence-corrected chi connectivity index (χ1v) is 7.85. The first-order valence-electron chi connectivity index (χ1n) is 7.85. The van der Waals surface area contributed by atoms with E-state index in [1.54, 1.807) is 0 Å². The first kappa shape index (κ1) is 15.8. The van der Waals surface area contributed by atoms with Crippen molar-refractivity contribution in [3.8, 4) is 5.75 Å². The summed E-state index contributed by atoms with van der Waals surface area (Å²) in [7, 11) is 0. The molecular weight excluding hydrogens is 264 g/mol. The van der Waals surface area contributed by atoms with E-state index >= 15 is 0 Å². The molecule has 0 aromatic heterocycles. The van der Waals surface area contributed by atoms with Gasteiger partial charge in [0.25, 0.3) is 5.91 Å². The first-order chi connectivity index (χ1) is 10.1. The summed E-state index contributed by atoms with van der Waals surface area (Å²) >= 11 is 0. The van der Waals surface area contributed by atoms with Crippen LogP contribution in [0, 0.1) is 5.92 Å². The van der Waals surface area contributed by atoms with Crippen molar-refractivity contribution in [1.29, 1.82) is 0 Å². The van der Waals surface area contributed by atoms with Gasteiger partial charge in [-0.25, -0.2) is 0 Å². The van der Waals surface area contributed by atoms with Crippen LogP contribution < -0.4 is 15.4 Å². The maximum absolute atomic E-state index is 11.6. The minimum atomic E-state index is -0.0601. The molecule has 0 bridgehead atoms. The van der Waals surface area contributed by atoms with Gasteiger partial charge in [0.1, 0.15) is 5.75 Å². The molecule has 1 aliphatic rings. The fourth-order valence-corrected chi connectivity index (χ4v) is 1.95. The molecule has 0 atom stereocenters. The molecule has 1 fully saturated rings. The molecule has 1 aromatic rings. The maximum Gasteiger partial charge on any atom is 0.257 e. The Hall–Kier alpha value is -1.55. The number of hydrogen-bond donors (Lipinski definition) is 2. The standard InChI is InChI=1S/C17H26N2O2/c1-13(2)9-10-18-17(20)12-21-16-7-3-14(4-8-16)11-19-15-5-6-15/h3-4,7-8,13,15,19H,5-6,9-12H2,1-2H3,(H,18,20). The summed E-state index contributed by atoms with van der Waals surface area (Å²) in [6.45, 7) is 5.98. The Labute approximate surface area is 127 Å². The average molecular weight is 290 g/mol. The van der Waals surface area contributed by atoms with Gasteiger partial charge in [-0.05, 0) is 42.9 Å². The molecule has 1 aromatic carbocycles. The number of benzene rings is 1. The van der Waals surface area contributed by atoms with E-state index in [1.165, 1.54) is 18.4 Å². The number of carbonyl (C=O) groups excluding carboxylic acids is 1. The van der Waals surface area contributed by atoms with E-state index in [9.17, 15) is 4.79 Å². The average Bonchev–Trinajstić information content (AvgIpc) is 3.28. The highest BCUT2D eigenvalue weighted by atomic mass is 16.5. The van der Waals surface area contributed by atoms with Gasteiger partial charge in [-0.3, -0.25) is 4.79 Å². The lowest BCUT2D eigenvalue weighted by Crippen LogP contribution is -2.30. The molecule has 21 heavy (non-hydrogen) atoms. The predicted octanol–water partition coefficient (Wildman–Crippen LogP) is 2.48. The monoisotopic (exact) mass is 290 g/mol. The topological polar surface area (TPSA) is 50.4 Å². The summed E-state index contributed by atoms with van der Waals surface area (Å²) in [5.74, 6) is 1.28. The Bertz CT molecular complexity index is 439. The molecule has 1 saturated carbocycles. The van der Waals surface area contributed by atoms with Gasteiger partial charge < -0.3 is 15.4 Å². The second kappa shape index (κ2) is 8.03. The summed E-state index contributed by atoms with van der Waals surface area (Å²) in [6.07, 6.45) is 3.59. The van der Waals surface area contributed by atoms with Crippen molar-refractivity contribution in [2.45, 2.75) is 45.7 Å². The zero-order valence-electron chi connectivity index (χ0n) is 13.0. The Morgan fingerprint density at radius 3 is 2.62 bits per heavy atom. The van der Waals surface area contributed by atoms with Crippen LogP contribution in [0.5, 0.6) is 5.75 Å². The molecule has 2 rings (SSSR count). The Kier molecular flexibility index (Phi) is 6.05. The van der Waals surface area contributed by atoms with E-state index in [-0.39, 0.29) is 12.5 Å². The number of nitrogens with one attached hydrogen (secondary N) is 2. The molecule has 116 valence electrons. The third kappa shape index (κ3) is 6.63. The molecule has 4 heteroatoms. The molecular formula is C17H26N2O2. The largest absolute Gasteiger partial charge is 0.484 e. The highest BCUT2D eigenvalue weighted by Crippen LogP contribution is 2.19. The summed E-state index contributed by atoms with van der Waals surface area (Å²) in [5, 5.41) is 6.33. The predicted molar refractivity (Wildman–Crippen MR) is 84.3 cm³/mol. The van der Waals surface area contributed by atoms with Crippen LogP contribution in [-0.2, 0) is 11.3 Å². The zero-order valence-corrected chi connectivity index (χ0v) is 13.0. The van der Waals surface area contributed by atoms with Crippen molar-refractivity contribution in [2.24, 2.45) is 5.92 Å². The smallest absolute Gasteiger partial charge is 0.257 e. The SMILES string of the molecule is CC(C)CCNC(=O)COc1ccc(CNC2CC2)cc1. The van der Waals surface area contributed by atoms with Crippen molar-refractivity contribution in [2.75, 3.05) is 13.2 Å². The van der Waals surface area contributed by atoms with Crippen LogP contribution in [0.25, 0.3) is 0 Å². The Balaban J connectivity index is 1.64. The van der Waals surface area contributed by atoms with Crippen molar-refractivity contribution < 1.29 is 9.53 Å². The lowest BCUT2D eigenvalue weighted by molar-refractivity contribution is -0.123. The molecule has 0 heterocycles. The highest BCUT2D eigenvalue weighted by Gasteiger charge is 2.19. The van der Waals surface area contributed by atoms with Gasteiger partial charge in [-0.15, -0.1) is 0 Å². The number of amides is 1. The Morgan fingerprint density at radius 1 is 1.29 bits per heavy atom. The third-order valence-corrected chi connectivity index (χ3v) is 3.51. The lowest BCUT2D eigenvalue weighted by atomic mass is 10.1. The van der Waals surface area contributed by atoms with Gasteiger partial charge in [0, 0.05) is 19.1 Å². The summed E-state index contributed by atoms with van der Waals surface area (Å²) < 4.78 is 5.49. The van der Waals surface area contributed by atoms with Crippen molar-refractivity contribution in [3.05, 3.63) is 29.8 Å². The van der Waals surface area contributed by atoms with Crippen molar-refractivity contribution >= 4 is 5.91 Å². The van der Waals surface area contributed by atoms with Gasteiger partial charge in [0.05, 0.1) is 0 Å². The van der Waals surface area contributed by atoms with E-state index in [0.29, 0.717) is 12.5 Å². The quantitative estimate of drug-likeness (QED) is 0.734. The normalized spacial score (nSPS) is 14.2. The van der Waals surface area contributed by atoms with Gasteiger partial charge >= 0.3 is 0 Å². The van der Waals surface area contributed by atoms with Gasteiger partial charge in [0.15, 0.2) is 6.61 Å². The molecule has 1 amide bonds. The molecule has 1 aliphatic carbocycles. The molecule has 0 radical (unpaired) electrons. The summed E-state index contributed by atoms with van der Waals surface area (Å²) in [4.78, 5) is 11.6. The summed E-state index contributed by atoms with van der Waals surface area (Å²) in [5.41, 5.74) is 1.25. The van der Waals surface area contributed by atoms with E-state index in [0.717, 1.165) is 24.8 Å². The van der Waals surface area contributed by atoms with E-state index in [1.807, 2.05) is 24.3 Å². The van der Waals surface area contributed by atoms with E-state index < -0.39 is 0 Å². The second-order valence-electron chi connectivity index (χ2n) is 6.12. The highest BCUT2D eigenvalue weighted by molar-refractivity contribution is 5.77. The zero-order chi connectivity index (χ0) is 15.1. The van der Waals surface area contributed by atoms with Crippen LogP contribution in [0.1, 0.15) is 38.7 Å². The van der Waals surface area contributed by atoms with Gasteiger partial charge in [-0.2, -0.15) is 0 Å². The van der Waals surface area contributed by atoms with Crippen LogP contribution >= 0.6 is 0 Å². The second-order valence-corrected chi connectivity index (χ2v) is 6.12. The molecule has 0 saturated heterocycles. The molecule has 0 unspecified atom stereocenters. The molecule has 0 spiro atoms. The van der Waals surface area contributed by atoms with Crippen LogP contribution in [-0.4, -0.2) is 25.1 Å². The number of ether oxygens (including phenoxy) is 1.